The molecule has 4 aromatic rings. The van der Waals surface area contributed by atoms with Crippen molar-refractivity contribution in [2.24, 2.45) is 0 Å². The van der Waals surface area contributed by atoms with Gasteiger partial charge >= 0.3 is 0 Å². The van der Waals surface area contributed by atoms with E-state index in [1.165, 1.54) is 11.8 Å². The number of nitrogens with one attached hydrogen (secondary N) is 1. The molecule has 4 rings (SSSR count). The quantitative estimate of drug-likeness (QED) is 0.283. The van der Waals surface area contributed by atoms with Crippen LogP contribution in [0.25, 0.3) is 10.8 Å². The van der Waals surface area contributed by atoms with Gasteiger partial charge in [-0.15, -0.1) is 16.8 Å². The molecule has 0 saturated heterocycles. The van der Waals surface area contributed by atoms with Gasteiger partial charge in [0.25, 0.3) is 0 Å². The number of fused-ring (bicyclic) bond motifs is 1. The van der Waals surface area contributed by atoms with E-state index in [0.717, 1.165) is 27.8 Å². The predicted octanol–water partition coefficient (Wildman–Crippen LogP) is 5.24. The fourth-order valence-electron chi connectivity index (χ4n) is 3.29. The normalized spacial score (nSPS) is 10.8. The summed E-state index contributed by atoms with van der Waals surface area (Å²) < 4.78 is 7.78. The lowest BCUT2D eigenvalue weighted by molar-refractivity contribution is -0.113. The minimum Gasteiger partial charge on any atom is -0.486 e. The van der Waals surface area contributed by atoms with Crippen molar-refractivity contribution in [2.75, 3.05) is 11.1 Å². The Bertz CT molecular complexity index is 1250. The Morgan fingerprint density at radius 2 is 1.94 bits per heavy atom. The number of hydrogen-bond acceptors (Lipinski definition) is 5. The second-order valence-corrected chi connectivity index (χ2v) is 8.24. The number of hydrogen-bond donors (Lipinski definition) is 1. The highest BCUT2D eigenvalue weighted by atomic mass is 32.2. The number of aryl methyl sites for hydroxylation is 1. The molecular formula is C25H24N4O2S. The third kappa shape index (κ3) is 5.36. The molecule has 0 unspecified atom stereocenters. The third-order valence-corrected chi connectivity index (χ3v) is 5.79. The summed E-state index contributed by atoms with van der Waals surface area (Å²) in [5, 5.41) is 14.3. The van der Waals surface area contributed by atoms with E-state index < -0.39 is 0 Å². The zero-order chi connectivity index (χ0) is 22.3. The van der Waals surface area contributed by atoms with Crippen molar-refractivity contribution < 1.29 is 9.53 Å². The summed E-state index contributed by atoms with van der Waals surface area (Å²) in [5.41, 5.74) is 1.90. The average molecular weight is 445 g/mol. The number of benzene rings is 3. The Kier molecular flexibility index (Phi) is 6.87. The molecule has 0 aliphatic heterocycles. The molecule has 1 amide bonds. The molecule has 0 radical (unpaired) electrons. The van der Waals surface area contributed by atoms with Crippen LogP contribution in [0, 0.1) is 6.92 Å². The number of thioether (sulfide) groups is 1. The van der Waals surface area contributed by atoms with Crippen molar-refractivity contribution in [3.8, 4) is 5.75 Å². The van der Waals surface area contributed by atoms with Crippen molar-refractivity contribution in [1.82, 2.24) is 14.8 Å². The number of carbonyl (C=O) groups excluding carboxylic acids is 1. The van der Waals surface area contributed by atoms with Crippen LogP contribution in [0.3, 0.4) is 0 Å². The first-order valence-corrected chi connectivity index (χ1v) is 11.2. The molecule has 0 atom stereocenters. The maximum absolute atomic E-state index is 12.5. The van der Waals surface area contributed by atoms with Crippen molar-refractivity contribution in [3.05, 3.63) is 90.8 Å². The molecule has 0 aliphatic rings. The topological polar surface area (TPSA) is 69.0 Å². The Labute approximate surface area is 191 Å². The van der Waals surface area contributed by atoms with Gasteiger partial charge in [0.05, 0.1) is 5.75 Å². The van der Waals surface area contributed by atoms with Crippen LogP contribution in [0.4, 0.5) is 5.69 Å². The molecule has 0 saturated carbocycles. The van der Waals surface area contributed by atoms with Gasteiger partial charge in [-0.2, -0.15) is 0 Å². The number of aromatic nitrogens is 3. The van der Waals surface area contributed by atoms with Gasteiger partial charge in [0.1, 0.15) is 12.4 Å². The molecule has 0 aliphatic carbocycles. The fraction of sp³-hybridized carbons (Fsp3) is 0.160. The van der Waals surface area contributed by atoms with Gasteiger partial charge in [0, 0.05) is 12.2 Å². The molecule has 0 fully saturated rings. The molecule has 7 heteroatoms. The number of anilines is 1. The second-order valence-electron chi connectivity index (χ2n) is 7.30. The van der Waals surface area contributed by atoms with Gasteiger partial charge in [0.2, 0.25) is 5.91 Å². The molecule has 1 N–H and O–H groups in total. The molecule has 32 heavy (non-hydrogen) atoms. The molecule has 3 aromatic carbocycles. The van der Waals surface area contributed by atoms with Gasteiger partial charge in [0.15, 0.2) is 11.0 Å². The number of rotatable bonds is 9. The summed E-state index contributed by atoms with van der Waals surface area (Å²) in [7, 11) is 0. The maximum Gasteiger partial charge on any atom is 0.234 e. The minimum atomic E-state index is -0.101. The van der Waals surface area contributed by atoms with E-state index in [1.807, 2.05) is 78.2 Å². The number of ether oxygens (including phenoxy) is 1. The van der Waals surface area contributed by atoms with Crippen LogP contribution in [-0.2, 0) is 17.9 Å². The Morgan fingerprint density at radius 3 is 2.75 bits per heavy atom. The van der Waals surface area contributed by atoms with Gasteiger partial charge in [-0.3, -0.25) is 9.36 Å². The lowest BCUT2D eigenvalue weighted by Gasteiger charge is -2.10. The minimum absolute atomic E-state index is 0.101. The predicted molar refractivity (Wildman–Crippen MR) is 129 cm³/mol. The lowest BCUT2D eigenvalue weighted by Crippen LogP contribution is -2.15. The van der Waals surface area contributed by atoms with E-state index in [1.54, 1.807) is 6.08 Å². The highest BCUT2D eigenvalue weighted by Gasteiger charge is 2.14. The number of carbonyl (C=O) groups is 1. The van der Waals surface area contributed by atoms with E-state index in [0.29, 0.717) is 17.5 Å². The fourth-order valence-corrected chi connectivity index (χ4v) is 4.06. The number of allylic oxidation sites excluding steroid dienone is 1. The monoisotopic (exact) mass is 444 g/mol. The van der Waals surface area contributed by atoms with Crippen LogP contribution in [0.1, 0.15) is 11.4 Å². The summed E-state index contributed by atoms with van der Waals surface area (Å²) >= 11 is 1.34. The first-order valence-electron chi connectivity index (χ1n) is 10.3. The van der Waals surface area contributed by atoms with E-state index >= 15 is 0 Å². The van der Waals surface area contributed by atoms with Crippen LogP contribution in [0.15, 0.2) is 84.5 Å². The average Bonchev–Trinajstić information content (AvgIpc) is 3.18. The smallest absolute Gasteiger partial charge is 0.234 e. The van der Waals surface area contributed by atoms with Crippen molar-refractivity contribution in [2.45, 2.75) is 25.2 Å². The third-order valence-electron chi connectivity index (χ3n) is 4.83. The van der Waals surface area contributed by atoms with Crippen LogP contribution < -0.4 is 10.1 Å². The molecule has 162 valence electrons. The van der Waals surface area contributed by atoms with Crippen LogP contribution in [0.2, 0.25) is 0 Å². The highest BCUT2D eigenvalue weighted by molar-refractivity contribution is 7.99. The van der Waals surface area contributed by atoms with Gasteiger partial charge in [-0.25, -0.2) is 0 Å². The number of nitrogens with zero attached hydrogens (tertiary/aromatic N) is 3. The van der Waals surface area contributed by atoms with Gasteiger partial charge in [-0.1, -0.05) is 60.3 Å². The summed E-state index contributed by atoms with van der Waals surface area (Å²) in [6.07, 6.45) is 1.78. The van der Waals surface area contributed by atoms with Crippen LogP contribution in [0.5, 0.6) is 5.75 Å². The van der Waals surface area contributed by atoms with Gasteiger partial charge < -0.3 is 10.1 Å². The zero-order valence-electron chi connectivity index (χ0n) is 17.8. The molecule has 0 bridgehead atoms. The summed E-state index contributed by atoms with van der Waals surface area (Å²) in [5.74, 6) is 1.59. The van der Waals surface area contributed by atoms with E-state index in [2.05, 4.69) is 22.1 Å². The van der Waals surface area contributed by atoms with E-state index in [4.69, 9.17) is 4.74 Å². The molecular weight excluding hydrogens is 420 g/mol. The van der Waals surface area contributed by atoms with E-state index in [9.17, 15) is 4.79 Å². The molecule has 6 nitrogen and oxygen atoms in total. The van der Waals surface area contributed by atoms with Crippen molar-refractivity contribution in [3.63, 3.8) is 0 Å². The van der Waals surface area contributed by atoms with Crippen molar-refractivity contribution >= 4 is 34.1 Å². The van der Waals surface area contributed by atoms with Crippen LogP contribution >= 0.6 is 11.8 Å². The molecule has 0 spiro atoms. The molecule has 1 heterocycles. The number of amides is 1. The largest absolute Gasteiger partial charge is 0.486 e. The first kappa shape index (κ1) is 21.6. The summed E-state index contributed by atoms with van der Waals surface area (Å²) in [4.78, 5) is 12.5. The van der Waals surface area contributed by atoms with E-state index in [-0.39, 0.29) is 18.3 Å². The first-order chi connectivity index (χ1) is 15.6. The Morgan fingerprint density at radius 1 is 1.09 bits per heavy atom. The lowest BCUT2D eigenvalue weighted by atomic mass is 10.1. The summed E-state index contributed by atoms with van der Waals surface area (Å²) in [6.45, 7) is 6.66. The zero-order valence-corrected chi connectivity index (χ0v) is 18.6. The Hall–Kier alpha value is -3.58. The molecule has 1 aromatic heterocycles. The second kappa shape index (κ2) is 10.2. The van der Waals surface area contributed by atoms with Crippen molar-refractivity contribution in [1.29, 1.82) is 0 Å². The van der Waals surface area contributed by atoms with Crippen LogP contribution in [-0.4, -0.2) is 26.4 Å². The SMILES string of the molecule is C=CCn1c(COc2cccc(C)c2)nnc1SCC(=O)Nc1ccc2ccccc2c1. The van der Waals surface area contributed by atoms with Gasteiger partial charge in [-0.05, 0) is 47.5 Å². The summed E-state index contributed by atoms with van der Waals surface area (Å²) in [6, 6.07) is 21.8. The highest BCUT2D eigenvalue weighted by Crippen LogP contribution is 2.22. The maximum atomic E-state index is 12.5. The standard InChI is InChI=1S/C25H24N4O2S/c1-3-13-29-23(16-31-22-10-6-7-18(2)14-22)27-28-25(29)32-17-24(30)26-21-12-11-19-8-4-5-9-20(19)15-21/h3-12,14-15H,1,13,16-17H2,2H3,(H,26,30). The Balaban J connectivity index is 1.38.